The zero-order valence-corrected chi connectivity index (χ0v) is 10.4. The molecular weight excluding hydrogens is 267 g/mol. The van der Waals surface area contributed by atoms with Gasteiger partial charge in [-0.2, -0.15) is 4.98 Å². The molecule has 0 atom stereocenters. The van der Waals surface area contributed by atoms with E-state index in [9.17, 15) is 4.39 Å². The van der Waals surface area contributed by atoms with Crippen molar-refractivity contribution >= 4 is 33.9 Å². The van der Waals surface area contributed by atoms with Gasteiger partial charge in [-0.1, -0.05) is 12.1 Å². The Morgan fingerprint density at radius 2 is 2.05 bits per heavy atom. The molecule has 0 saturated carbocycles. The lowest BCUT2D eigenvalue weighted by atomic mass is 10.1. The average Bonchev–Trinajstić information content (AvgIpc) is 2.43. The van der Waals surface area contributed by atoms with E-state index in [4.69, 9.17) is 11.6 Å². The Labute approximate surface area is 113 Å². The highest BCUT2D eigenvalue weighted by molar-refractivity contribution is 6.28. The maximum Gasteiger partial charge on any atom is 0.224 e. The fourth-order valence-electron chi connectivity index (χ4n) is 1.79. The van der Waals surface area contributed by atoms with Crippen LogP contribution >= 0.6 is 11.6 Å². The molecule has 0 amide bonds. The van der Waals surface area contributed by atoms with E-state index in [0.717, 1.165) is 22.7 Å². The van der Waals surface area contributed by atoms with Gasteiger partial charge in [0.2, 0.25) is 5.28 Å². The number of anilines is 2. The van der Waals surface area contributed by atoms with E-state index in [2.05, 4.69) is 20.3 Å². The van der Waals surface area contributed by atoms with Gasteiger partial charge < -0.3 is 5.32 Å². The fourth-order valence-corrected chi connectivity index (χ4v) is 1.93. The number of hydrogen-bond acceptors (Lipinski definition) is 4. The standard InChI is InChI=1S/C13H8ClFN4/c14-13-17-7-10(15)12(19-13)18-11-3-1-2-8-6-16-5-4-9(8)11/h1-7H,(H,17,18,19). The minimum Gasteiger partial charge on any atom is -0.337 e. The quantitative estimate of drug-likeness (QED) is 0.726. The first-order valence-electron chi connectivity index (χ1n) is 5.52. The van der Waals surface area contributed by atoms with Gasteiger partial charge in [0.15, 0.2) is 11.6 Å². The second-order valence-electron chi connectivity index (χ2n) is 3.86. The van der Waals surface area contributed by atoms with E-state index in [1.54, 1.807) is 12.4 Å². The molecule has 19 heavy (non-hydrogen) atoms. The van der Waals surface area contributed by atoms with Gasteiger partial charge >= 0.3 is 0 Å². The molecule has 94 valence electrons. The first-order chi connectivity index (χ1) is 9.24. The molecule has 0 radical (unpaired) electrons. The number of halogens is 2. The summed E-state index contributed by atoms with van der Waals surface area (Å²) >= 11 is 5.66. The van der Waals surface area contributed by atoms with Crippen molar-refractivity contribution in [2.24, 2.45) is 0 Å². The molecule has 4 nitrogen and oxygen atoms in total. The van der Waals surface area contributed by atoms with Crippen LogP contribution in [0.4, 0.5) is 15.9 Å². The molecule has 0 aliphatic rings. The highest BCUT2D eigenvalue weighted by Crippen LogP contribution is 2.26. The van der Waals surface area contributed by atoms with Crippen molar-refractivity contribution in [3.63, 3.8) is 0 Å². The third-order valence-electron chi connectivity index (χ3n) is 2.65. The summed E-state index contributed by atoms with van der Waals surface area (Å²) in [6, 6.07) is 7.46. The summed E-state index contributed by atoms with van der Waals surface area (Å²) < 4.78 is 13.6. The number of nitrogens with zero attached hydrogens (tertiary/aromatic N) is 3. The van der Waals surface area contributed by atoms with Crippen molar-refractivity contribution in [2.75, 3.05) is 5.32 Å². The molecule has 2 aromatic heterocycles. The second kappa shape index (κ2) is 4.78. The minimum absolute atomic E-state index is 0.00852. The summed E-state index contributed by atoms with van der Waals surface area (Å²) in [5.74, 6) is -0.514. The summed E-state index contributed by atoms with van der Waals surface area (Å²) in [6.07, 6.45) is 4.45. The number of fused-ring (bicyclic) bond motifs is 1. The Bertz CT molecular complexity index is 742. The van der Waals surface area contributed by atoms with E-state index < -0.39 is 5.82 Å². The van der Waals surface area contributed by atoms with Gasteiger partial charge in [-0.05, 0) is 23.7 Å². The Kier molecular flexibility index (Phi) is 2.97. The molecule has 0 fully saturated rings. The predicted molar refractivity (Wildman–Crippen MR) is 72.0 cm³/mol. The Morgan fingerprint density at radius 3 is 2.95 bits per heavy atom. The average molecular weight is 275 g/mol. The Hall–Kier alpha value is -2.27. The van der Waals surface area contributed by atoms with E-state index in [1.165, 1.54) is 0 Å². The van der Waals surface area contributed by atoms with Crippen LogP contribution in [-0.4, -0.2) is 15.0 Å². The lowest BCUT2D eigenvalue weighted by Crippen LogP contribution is -1.99. The summed E-state index contributed by atoms with van der Waals surface area (Å²) in [4.78, 5) is 11.4. The van der Waals surface area contributed by atoms with Crippen molar-refractivity contribution in [3.8, 4) is 0 Å². The highest BCUT2D eigenvalue weighted by Gasteiger charge is 2.08. The zero-order chi connectivity index (χ0) is 13.2. The van der Waals surface area contributed by atoms with Crippen molar-refractivity contribution < 1.29 is 4.39 Å². The van der Waals surface area contributed by atoms with Crippen LogP contribution in [0.15, 0.2) is 42.9 Å². The summed E-state index contributed by atoms with van der Waals surface area (Å²) in [6.45, 7) is 0. The second-order valence-corrected chi connectivity index (χ2v) is 4.20. The van der Waals surface area contributed by atoms with Gasteiger partial charge in [0, 0.05) is 28.9 Å². The molecule has 2 heterocycles. The van der Waals surface area contributed by atoms with Gasteiger partial charge in [-0.3, -0.25) is 4.98 Å². The molecule has 3 aromatic rings. The molecule has 1 N–H and O–H groups in total. The molecular formula is C13H8ClFN4. The van der Waals surface area contributed by atoms with Crippen LogP contribution in [0.25, 0.3) is 10.8 Å². The van der Waals surface area contributed by atoms with Crippen LogP contribution in [0.1, 0.15) is 0 Å². The largest absolute Gasteiger partial charge is 0.337 e. The SMILES string of the molecule is Fc1cnc(Cl)nc1Nc1cccc2cnccc12. The summed E-state index contributed by atoms with van der Waals surface area (Å²) in [5.41, 5.74) is 0.730. The van der Waals surface area contributed by atoms with Gasteiger partial charge in [0.1, 0.15) is 0 Å². The van der Waals surface area contributed by atoms with Crippen LogP contribution < -0.4 is 5.32 Å². The molecule has 1 aromatic carbocycles. The van der Waals surface area contributed by atoms with Crippen molar-refractivity contribution in [3.05, 3.63) is 54.0 Å². The maximum absolute atomic E-state index is 13.6. The van der Waals surface area contributed by atoms with Crippen LogP contribution in [0.2, 0.25) is 5.28 Å². The molecule has 0 saturated heterocycles. The third kappa shape index (κ3) is 2.32. The van der Waals surface area contributed by atoms with E-state index in [0.29, 0.717) is 0 Å². The number of pyridine rings is 1. The maximum atomic E-state index is 13.6. The van der Waals surface area contributed by atoms with Crippen LogP contribution in [0.5, 0.6) is 0 Å². The molecule has 3 rings (SSSR count). The number of nitrogens with one attached hydrogen (secondary N) is 1. The predicted octanol–water partition coefficient (Wildman–Crippen LogP) is 3.56. The third-order valence-corrected chi connectivity index (χ3v) is 2.83. The summed E-state index contributed by atoms with van der Waals surface area (Å²) in [5, 5.41) is 4.78. The Morgan fingerprint density at radius 1 is 1.16 bits per heavy atom. The molecule has 0 bridgehead atoms. The lowest BCUT2D eigenvalue weighted by Gasteiger charge is -2.09. The zero-order valence-electron chi connectivity index (χ0n) is 9.64. The van der Waals surface area contributed by atoms with Crippen molar-refractivity contribution in [1.82, 2.24) is 15.0 Å². The molecule has 0 aliphatic carbocycles. The van der Waals surface area contributed by atoms with Crippen LogP contribution in [0, 0.1) is 5.82 Å². The van der Waals surface area contributed by atoms with Gasteiger partial charge in [0.25, 0.3) is 0 Å². The van der Waals surface area contributed by atoms with Gasteiger partial charge in [0.05, 0.1) is 6.20 Å². The first kappa shape index (κ1) is 11.8. The fraction of sp³-hybridized carbons (Fsp3) is 0. The number of hydrogen-bond donors (Lipinski definition) is 1. The van der Waals surface area contributed by atoms with Crippen LogP contribution in [-0.2, 0) is 0 Å². The monoisotopic (exact) mass is 274 g/mol. The van der Waals surface area contributed by atoms with Crippen molar-refractivity contribution in [2.45, 2.75) is 0 Å². The lowest BCUT2D eigenvalue weighted by molar-refractivity contribution is 0.619. The van der Waals surface area contributed by atoms with Crippen LogP contribution in [0.3, 0.4) is 0 Å². The highest BCUT2D eigenvalue weighted by atomic mass is 35.5. The van der Waals surface area contributed by atoms with E-state index >= 15 is 0 Å². The normalized spacial score (nSPS) is 10.6. The topological polar surface area (TPSA) is 50.7 Å². The first-order valence-corrected chi connectivity index (χ1v) is 5.89. The number of benzene rings is 1. The smallest absolute Gasteiger partial charge is 0.224 e. The molecule has 0 spiro atoms. The Balaban J connectivity index is 2.08. The number of aromatic nitrogens is 3. The van der Waals surface area contributed by atoms with Gasteiger partial charge in [-0.15, -0.1) is 0 Å². The summed E-state index contributed by atoms with van der Waals surface area (Å²) in [7, 11) is 0. The van der Waals surface area contributed by atoms with E-state index in [1.807, 2.05) is 24.3 Å². The van der Waals surface area contributed by atoms with Gasteiger partial charge in [-0.25, -0.2) is 9.37 Å². The molecule has 0 aliphatic heterocycles. The minimum atomic E-state index is -0.560. The van der Waals surface area contributed by atoms with Crippen molar-refractivity contribution in [1.29, 1.82) is 0 Å². The molecule has 0 unspecified atom stereocenters. The number of rotatable bonds is 2. The molecule has 6 heteroatoms. The van der Waals surface area contributed by atoms with E-state index in [-0.39, 0.29) is 11.1 Å².